The van der Waals surface area contributed by atoms with Gasteiger partial charge in [-0.3, -0.25) is 14.8 Å². The summed E-state index contributed by atoms with van der Waals surface area (Å²) in [6, 6.07) is 15.5. The van der Waals surface area contributed by atoms with E-state index >= 15 is 0 Å². The average Bonchev–Trinajstić information content (AvgIpc) is 2.87. The van der Waals surface area contributed by atoms with E-state index in [0.29, 0.717) is 6.61 Å². The molecule has 0 unspecified atom stereocenters. The van der Waals surface area contributed by atoms with Gasteiger partial charge in [-0.1, -0.05) is 39.0 Å². The van der Waals surface area contributed by atoms with Gasteiger partial charge in [0, 0.05) is 0 Å². The summed E-state index contributed by atoms with van der Waals surface area (Å²) in [6.45, 7) is 4.62. The highest BCUT2D eigenvalue weighted by atomic mass is 16.5. The minimum atomic E-state index is 0.690. The monoisotopic (exact) mass is 496 g/mol. The Morgan fingerprint density at radius 1 is 0.722 bits per heavy atom. The lowest BCUT2D eigenvalue weighted by molar-refractivity contribution is -0.472. The number of azo groups is 1. The number of benzene rings is 2. The van der Waals surface area contributed by atoms with Crippen LogP contribution in [0.5, 0.6) is 11.5 Å². The Labute approximate surface area is 218 Å². The molecule has 0 fully saturated rings. The zero-order chi connectivity index (χ0) is 26.0. The van der Waals surface area contributed by atoms with Crippen LogP contribution in [0.4, 0.5) is 11.4 Å². The van der Waals surface area contributed by atoms with Crippen molar-refractivity contribution >= 4 is 17.3 Å². The molecule has 36 heavy (non-hydrogen) atoms. The molecule has 0 saturated heterocycles. The highest BCUT2D eigenvalue weighted by Crippen LogP contribution is 2.23. The van der Waals surface area contributed by atoms with Gasteiger partial charge in [0.1, 0.15) is 11.5 Å². The lowest BCUT2D eigenvalue weighted by Crippen LogP contribution is -2.42. The molecule has 0 spiro atoms. The molecule has 0 aromatic heterocycles. The van der Waals surface area contributed by atoms with Gasteiger partial charge in [0.15, 0.2) is 0 Å². The van der Waals surface area contributed by atoms with E-state index in [1.54, 1.807) is 0 Å². The van der Waals surface area contributed by atoms with Gasteiger partial charge >= 0.3 is 5.96 Å². The second-order valence-corrected chi connectivity index (χ2v) is 9.40. The van der Waals surface area contributed by atoms with Crippen molar-refractivity contribution in [1.82, 2.24) is 10.2 Å². The van der Waals surface area contributed by atoms with Crippen LogP contribution >= 0.6 is 0 Å². The fraction of sp³-hybridized carbons (Fsp3) is 0.552. The molecule has 2 aromatic rings. The number of nitrogens with zero attached hydrogens (tertiary/aromatic N) is 4. The number of nitrogens with one attached hydrogen (secondary N) is 1. The van der Waals surface area contributed by atoms with Crippen molar-refractivity contribution in [2.45, 2.75) is 58.3 Å². The molecule has 2 rings (SSSR count). The molecule has 0 bridgehead atoms. The third-order valence-corrected chi connectivity index (χ3v) is 5.69. The highest BCUT2D eigenvalue weighted by molar-refractivity contribution is 5.74. The Bertz CT molecular complexity index is 904. The number of rotatable bonds is 16. The molecule has 0 heterocycles. The van der Waals surface area contributed by atoms with Crippen molar-refractivity contribution in [3.05, 3.63) is 48.5 Å². The number of unbranched alkanes of at least 4 members (excludes halogenated alkanes) is 6. The molecule has 0 atom stereocenters. The third-order valence-electron chi connectivity index (χ3n) is 5.69. The van der Waals surface area contributed by atoms with Gasteiger partial charge in [-0.15, -0.1) is 0 Å². The van der Waals surface area contributed by atoms with Crippen LogP contribution in [0.1, 0.15) is 58.3 Å². The SMILES string of the molecule is CCCCCCCCOc1ccc(N=Nc2ccc(OCCCCNC(N(C)C)=[N+](C)C)cc2)cc1. The zero-order valence-corrected chi connectivity index (χ0v) is 23.0. The maximum Gasteiger partial charge on any atom is 0.347 e. The summed E-state index contributed by atoms with van der Waals surface area (Å²) in [5.74, 6) is 2.84. The molecule has 0 aliphatic heterocycles. The van der Waals surface area contributed by atoms with Crippen molar-refractivity contribution in [1.29, 1.82) is 0 Å². The standard InChI is InChI=1S/C29H45N5O2/c1-6-7-8-9-10-12-23-35-27-18-14-25(15-19-27)31-32-26-16-20-28(21-17-26)36-24-13-11-22-30-29(33(2)3)34(4)5/h14-21H,6-13,22-24H2,1-5H3/p+1. The quantitative estimate of drug-likeness (QED) is 0.0915. The summed E-state index contributed by atoms with van der Waals surface area (Å²) >= 11 is 0. The van der Waals surface area contributed by atoms with Gasteiger partial charge in [-0.2, -0.15) is 10.2 Å². The van der Waals surface area contributed by atoms with E-state index in [1.807, 2.05) is 76.7 Å². The van der Waals surface area contributed by atoms with Crippen LogP contribution in [0.15, 0.2) is 58.8 Å². The number of hydrogen-bond acceptors (Lipinski definition) is 4. The molecule has 0 radical (unpaired) electrons. The second kappa shape index (κ2) is 17.4. The van der Waals surface area contributed by atoms with Crippen LogP contribution < -0.4 is 14.8 Å². The van der Waals surface area contributed by atoms with Crippen molar-refractivity contribution in [2.24, 2.45) is 10.2 Å². The van der Waals surface area contributed by atoms with E-state index in [4.69, 9.17) is 9.47 Å². The topological polar surface area (TPSA) is 61.5 Å². The van der Waals surface area contributed by atoms with E-state index in [9.17, 15) is 0 Å². The first-order valence-corrected chi connectivity index (χ1v) is 13.3. The Morgan fingerprint density at radius 2 is 1.19 bits per heavy atom. The van der Waals surface area contributed by atoms with E-state index in [1.165, 1.54) is 32.1 Å². The molecule has 7 heteroatoms. The third kappa shape index (κ3) is 12.0. The van der Waals surface area contributed by atoms with Crippen LogP contribution in [0, 0.1) is 0 Å². The normalized spacial score (nSPS) is 10.9. The molecule has 0 aliphatic carbocycles. The van der Waals surface area contributed by atoms with Crippen molar-refractivity contribution in [2.75, 3.05) is 47.9 Å². The fourth-order valence-corrected chi connectivity index (χ4v) is 3.74. The Morgan fingerprint density at radius 3 is 1.67 bits per heavy atom. The van der Waals surface area contributed by atoms with Crippen LogP contribution in [0.25, 0.3) is 0 Å². The zero-order valence-electron chi connectivity index (χ0n) is 23.0. The van der Waals surface area contributed by atoms with Gasteiger partial charge < -0.3 is 9.47 Å². The molecule has 0 aliphatic rings. The van der Waals surface area contributed by atoms with Gasteiger partial charge in [0.05, 0.1) is 59.3 Å². The summed E-state index contributed by atoms with van der Waals surface area (Å²) in [7, 11) is 8.16. The lowest BCUT2D eigenvalue weighted by Gasteiger charge is -2.13. The highest BCUT2D eigenvalue weighted by Gasteiger charge is 2.09. The molecule has 1 N–H and O–H groups in total. The first-order chi connectivity index (χ1) is 17.5. The largest absolute Gasteiger partial charge is 0.494 e. The maximum absolute atomic E-state index is 5.86. The molecule has 2 aromatic carbocycles. The van der Waals surface area contributed by atoms with Crippen LogP contribution in [0.2, 0.25) is 0 Å². The van der Waals surface area contributed by atoms with Gasteiger partial charge in [-0.25, -0.2) is 0 Å². The molecular weight excluding hydrogens is 450 g/mol. The second-order valence-electron chi connectivity index (χ2n) is 9.40. The van der Waals surface area contributed by atoms with Crippen molar-refractivity contribution < 1.29 is 14.0 Å². The summed E-state index contributed by atoms with van der Waals surface area (Å²) < 4.78 is 13.8. The molecule has 0 saturated carbocycles. The minimum Gasteiger partial charge on any atom is -0.494 e. The lowest BCUT2D eigenvalue weighted by atomic mass is 10.1. The van der Waals surface area contributed by atoms with E-state index < -0.39 is 0 Å². The Kier molecular flexibility index (Phi) is 14.1. The summed E-state index contributed by atoms with van der Waals surface area (Å²) in [4.78, 5) is 2.08. The van der Waals surface area contributed by atoms with Crippen LogP contribution in [-0.4, -0.2) is 63.4 Å². The minimum absolute atomic E-state index is 0.690. The van der Waals surface area contributed by atoms with E-state index in [-0.39, 0.29) is 0 Å². The fourth-order valence-electron chi connectivity index (χ4n) is 3.74. The first-order valence-electron chi connectivity index (χ1n) is 13.3. The first kappa shape index (κ1) is 29.1. The summed E-state index contributed by atoms with van der Waals surface area (Å²) in [5.41, 5.74) is 1.60. The van der Waals surface area contributed by atoms with E-state index in [0.717, 1.165) is 61.2 Å². The molecule has 0 amide bonds. The Balaban J connectivity index is 1.64. The number of hydrogen-bond donors (Lipinski definition) is 1. The smallest absolute Gasteiger partial charge is 0.347 e. The van der Waals surface area contributed by atoms with Gasteiger partial charge in [0.25, 0.3) is 0 Å². The molecule has 198 valence electrons. The predicted octanol–water partition coefficient (Wildman–Crippen LogP) is 6.78. The maximum atomic E-state index is 5.86. The number of guanidine groups is 1. The van der Waals surface area contributed by atoms with Gasteiger partial charge in [-0.05, 0) is 67.8 Å². The van der Waals surface area contributed by atoms with E-state index in [2.05, 4.69) is 31.9 Å². The molecule has 7 nitrogen and oxygen atoms in total. The Hall–Kier alpha value is -3.09. The number of ether oxygens (including phenoxy) is 2. The average molecular weight is 497 g/mol. The van der Waals surface area contributed by atoms with Crippen LogP contribution in [-0.2, 0) is 0 Å². The van der Waals surface area contributed by atoms with Crippen molar-refractivity contribution in [3.8, 4) is 11.5 Å². The summed E-state index contributed by atoms with van der Waals surface area (Å²) in [6.07, 6.45) is 9.63. The van der Waals surface area contributed by atoms with Crippen LogP contribution in [0.3, 0.4) is 0 Å². The summed E-state index contributed by atoms with van der Waals surface area (Å²) in [5, 5.41) is 12.1. The van der Waals surface area contributed by atoms with Gasteiger partial charge in [0.2, 0.25) is 0 Å². The van der Waals surface area contributed by atoms with Crippen molar-refractivity contribution in [3.63, 3.8) is 0 Å². The molecular formula is C29H46N5O2+. The predicted molar refractivity (Wildman–Crippen MR) is 149 cm³/mol.